The molecule has 0 unspecified atom stereocenters. The van der Waals surface area contributed by atoms with Crippen LogP contribution >= 0.6 is 0 Å². The Morgan fingerprint density at radius 2 is 1.14 bits per heavy atom. The number of aromatic nitrogens is 3. The predicted octanol–water partition coefficient (Wildman–Crippen LogP) is 12.1. The molecular formula is C45H29N3O2. The standard InChI is InChI=1S/C45H29N3O2/c1-3-33-36-22-20-31(25-42(36)49-40(33)4-2)39-27-38(29-11-6-5-7-12-29)47-45(48-39)30-18-16-28(17-19-30)34-14-10-24-46-44(34)32-21-23-37-35-13-8-9-15-41(35)50-43(37)26-32/h3-27H,1-2H2. The lowest BCUT2D eigenvalue weighted by molar-refractivity contribution is 0.603. The van der Waals surface area contributed by atoms with Crippen molar-refractivity contribution in [2.75, 3.05) is 0 Å². The lowest BCUT2D eigenvalue weighted by Gasteiger charge is -2.11. The van der Waals surface area contributed by atoms with Gasteiger partial charge in [0.2, 0.25) is 0 Å². The van der Waals surface area contributed by atoms with E-state index < -0.39 is 0 Å². The number of rotatable bonds is 7. The minimum atomic E-state index is 0.632. The molecule has 0 N–H and O–H groups in total. The van der Waals surface area contributed by atoms with E-state index in [4.69, 9.17) is 23.8 Å². The largest absolute Gasteiger partial charge is 0.456 e. The van der Waals surface area contributed by atoms with Crippen LogP contribution in [0.25, 0.3) is 101 Å². The van der Waals surface area contributed by atoms with Gasteiger partial charge in [-0.15, -0.1) is 0 Å². The first-order valence-electron chi connectivity index (χ1n) is 16.4. The second kappa shape index (κ2) is 12.0. The molecule has 4 aromatic heterocycles. The van der Waals surface area contributed by atoms with Crippen LogP contribution in [0.1, 0.15) is 11.3 Å². The zero-order valence-electron chi connectivity index (χ0n) is 27.0. The summed E-state index contributed by atoms with van der Waals surface area (Å²) < 4.78 is 12.3. The van der Waals surface area contributed by atoms with Gasteiger partial charge in [-0.3, -0.25) is 4.98 Å². The van der Waals surface area contributed by atoms with Crippen LogP contribution in [0.5, 0.6) is 0 Å². The zero-order chi connectivity index (χ0) is 33.6. The van der Waals surface area contributed by atoms with Gasteiger partial charge < -0.3 is 8.83 Å². The molecule has 0 fully saturated rings. The van der Waals surface area contributed by atoms with Gasteiger partial charge in [0.25, 0.3) is 0 Å². The smallest absolute Gasteiger partial charge is 0.160 e. The molecule has 9 rings (SSSR count). The number of furan rings is 2. The van der Waals surface area contributed by atoms with Crippen molar-refractivity contribution in [1.29, 1.82) is 0 Å². The van der Waals surface area contributed by atoms with Gasteiger partial charge in [-0.25, -0.2) is 9.97 Å². The van der Waals surface area contributed by atoms with Gasteiger partial charge >= 0.3 is 0 Å². The first-order valence-corrected chi connectivity index (χ1v) is 16.4. The molecule has 0 atom stereocenters. The number of hydrogen-bond acceptors (Lipinski definition) is 5. The van der Waals surface area contributed by atoms with Gasteiger partial charge in [0.15, 0.2) is 5.82 Å². The van der Waals surface area contributed by atoms with Crippen LogP contribution < -0.4 is 0 Å². The summed E-state index contributed by atoms with van der Waals surface area (Å²) in [7, 11) is 0. The fourth-order valence-corrected chi connectivity index (χ4v) is 6.68. The number of benzene rings is 5. The molecule has 50 heavy (non-hydrogen) atoms. The summed E-state index contributed by atoms with van der Waals surface area (Å²) in [5, 5.41) is 3.19. The maximum absolute atomic E-state index is 6.19. The monoisotopic (exact) mass is 643 g/mol. The van der Waals surface area contributed by atoms with Crippen molar-refractivity contribution < 1.29 is 8.83 Å². The van der Waals surface area contributed by atoms with Crippen LogP contribution in [0.15, 0.2) is 162 Å². The van der Waals surface area contributed by atoms with E-state index in [1.165, 1.54) is 0 Å². The molecule has 236 valence electrons. The third-order valence-corrected chi connectivity index (χ3v) is 9.15. The summed E-state index contributed by atoms with van der Waals surface area (Å²) in [5.74, 6) is 1.33. The van der Waals surface area contributed by atoms with E-state index in [0.29, 0.717) is 11.6 Å². The van der Waals surface area contributed by atoms with Gasteiger partial charge in [-0.05, 0) is 54.1 Å². The average Bonchev–Trinajstić information content (AvgIpc) is 3.75. The van der Waals surface area contributed by atoms with Crippen molar-refractivity contribution in [3.63, 3.8) is 0 Å². The van der Waals surface area contributed by atoms with Crippen LogP contribution in [0.4, 0.5) is 0 Å². The second-order valence-electron chi connectivity index (χ2n) is 12.1. The second-order valence-corrected chi connectivity index (χ2v) is 12.1. The zero-order valence-corrected chi connectivity index (χ0v) is 27.0. The fourth-order valence-electron chi connectivity index (χ4n) is 6.68. The highest BCUT2D eigenvalue weighted by molar-refractivity contribution is 6.06. The summed E-state index contributed by atoms with van der Waals surface area (Å²) >= 11 is 0. The quantitative estimate of drug-likeness (QED) is 0.173. The summed E-state index contributed by atoms with van der Waals surface area (Å²) in [6, 6.07) is 45.2. The molecule has 5 aromatic carbocycles. The molecule has 0 bridgehead atoms. The van der Waals surface area contributed by atoms with E-state index in [0.717, 1.165) is 88.9 Å². The third-order valence-electron chi connectivity index (χ3n) is 9.15. The number of pyridine rings is 1. The number of nitrogens with zero attached hydrogens (tertiary/aromatic N) is 3. The van der Waals surface area contributed by atoms with Crippen LogP contribution in [0.2, 0.25) is 0 Å². The van der Waals surface area contributed by atoms with Crippen LogP contribution in [-0.2, 0) is 0 Å². The lowest BCUT2D eigenvalue weighted by atomic mass is 9.97. The van der Waals surface area contributed by atoms with Crippen LogP contribution in [0.3, 0.4) is 0 Å². The van der Waals surface area contributed by atoms with Crippen molar-refractivity contribution in [3.8, 4) is 56.3 Å². The Bertz CT molecular complexity index is 2740. The van der Waals surface area contributed by atoms with Gasteiger partial charge in [0, 0.05) is 55.7 Å². The Balaban J connectivity index is 1.11. The van der Waals surface area contributed by atoms with Gasteiger partial charge in [0.1, 0.15) is 22.5 Å². The molecule has 0 aliphatic heterocycles. The Labute approximate surface area is 288 Å². The molecule has 0 aliphatic carbocycles. The SMILES string of the molecule is C=Cc1oc2cc(-c3cc(-c4ccccc4)nc(-c4ccc(-c5cccnc5-c5ccc6c(c5)oc5ccccc56)cc4)n3)ccc2c1C=C. The number of para-hydroxylation sites is 1. The van der Waals surface area contributed by atoms with Crippen LogP contribution in [0, 0.1) is 0 Å². The molecule has 0 saturated heterocycles. The Morgan fingerprint density at radius 3 is 1.96 bits per heavy atom. The predicted molar refractivity (Wildman–Crippen MR) is 204 cm³/mol. The Kier molecular flexibility index (Phi) is 7.03. The maximum Gasteiger partial charge on any atom is 0.160 e. The van der Waals surface area contributed by atoms with E-state index in [1.54, 1.807) is 12.2 Å². The molecule has 5 nitrogen and oxygen atoms in total. The normalized spacial score (nSPS) is 11.4. The Hall–Kier alpha value is -6.85. The topological polar surface area (TPSA) is 65.0 Å². The van der Waals surface area contributed by atoms with E-state index in [9.17, 15) is 0 Å². The lowest BCUT2D eigenvalue weighted by Crippen LogP contribution is -1.96. The first-order chi connectivity index (χ1) is 24.7. The number of fused-ring (bicyclic) bond motifs is 4. The summed E-state index contributed by atoms with van der Waals surface area (Å²) in [5.41, 5.74) is 11.8. The van der Waals surface area contributed by atoms with Crippen molar-refractivity contribution in [3.05, 3.63) is 164 Å². The minimum Gasteiger partial charge on any atom is -0.456 e. The molecule has 0 amide bonds. The molecule has 4 heterocycles. The van der Waals surface area contributed by atoms with E-state index in [-0.39, 0.29) is 0 Å². The molecule has 0 spiro atoms. The highest BCUT2D eigenvalue weighted by atomic mass is 16.3. The molecule has 0 radical (unpaired) electrons. The molecule has 0 aliphatic rings. The van der Waals surface area contributed by atoms with Crippen molar-refractivity contribution in [1.82, 2.24) is 15.0 Å². The fraction of sp³-hybridized carbons (Fsp3) is 0. The Morgan fingerprint density at radius 1 is 0.480 bits per heavy atom. The summed E-state index contributed by atoms with van der Waals surface area (Å²) in [6.07, 6.45) is 5.34. The third kappa shape index (κ3) is 5.00. The van der Waals surface area contributed by atoms with Crippen molar-refractivity contribution >= 4 is 45.1 Å². The first kappa shape index (κ1) is 29.3. The van der Waals surface area contributed by atoms with Gasteiger partial charge in [-0.1, -0.05) is 110 Å². The van der Waals surface area contributed by atoms with Gasteiger partial charge in [0.05, 0.1) is 17.1 Å². The van der Waals surface area contributed by atoms with E-state index >= 15 is 0 Å². The summed E-state index contributed by atoms with van der Waals surface area (Å²) in [6.45, 7) is 7.86. The molecule has 5 heteroatoms. The van der Waals surface area contributed by atoms with Gasteiger partial charge in [-0.2, -0.15) is 0 Å². The highest BCUT2D eigenvalue weighted by Crippen LogP contribution is 2.37. The maximum atomic E-state index is 6.19. The summed E-state index contributed by atoms with van der Waals surface area (Å²) in [4.78, 5) is 14.9. The van der Waals surface area contributed by atoms with Crippen molar-refractivity contribution in [2.24, 2.45) is 0 Å². The van der Waals surface area contributed by atoms with Crippen molar-refractivity contribution in [2.45, 2.75) is 0 Å². The van der Waals surface area contributed by atoms with Crippen LogP contribution in [-0.4, -0.2) is 15.0 Å². The van der Waals surface area contributed by atoms with E-state index in [2.05, 4.69) is 86.0 Å². The molecule has 0 saturated carbocycles. The average molecular weight is 644 g/mol. The number of hydrogen-bond donors (Lipinski definition) is 0. The minimum absolute atomic E-state index is 0.632. The highest BCUT2D eigenvalue weighted by Gasteiger charge is 2.16. The van der Waals surface area contributed by atoms with E-state index in [1.807, 2.05) is 66.9 Å². The molecular weight excluding hydrogens is 615 g/mol. The molecule has 9 aromatic rings.